The fraction of sp³-hybridized carbons (Fsp3) is 0.385. The van der Waals surface area contributed by atoms with Gasteiger partial charge in [-0.15, -0.1) is 0 Å². The molecule has 0 aliphatic carbocycles. The highest BCUT2D eigenvalue weighted by Crippen LogP contribution is 2.29. The molecule has 2 atom stereocenters. The molecule has 0 bridgehead atoms. The first kappa shape index (κ1) is 11.6. The molecule has 1 aromatic rings. The minimum Gasteiger partial charge on any atom is -0.470 e. The molecule has 0 radical (unpaired) electrons. The zero-order valence-electron chi connectivity index (χ0n) is 9.92. The minimum absolute atomic E-state index is 0.335. The molecular weight excluding hydrogens is 218 g/mol. The van der Waals surface area contributed by atoms with E-state index in [1.54, 1.807) is 13.8 Å². The third kappa shape index (κ3) is 2.46. The number of carbonyl (C=O) groups is 1. The van der Waals surface area contributed by atoms with E-state index in [2.05, 4.69) is 4.99 Å². The highest BCUT2D eigenvalue weighted by molar-refractivity contribution is 5.85. The van der Waals surface area contributed by atoms with Gasteiger partial charge in [0.15, 0.2) is 18.0 Å². The Labute approximate surface area is 100 Å². The van der Waals surface area contributed by atoms with Crippen LogP contribution in [-0.2, 0) is 14.3 Å². The van der Waals surface area contributed by atoms with Gasteiger partial charge in [-0.25, -0.2) is 9.79 Å². The second kappa shape index (κ2) is 4.99. The van der Waals surface area contributed by atoms with Crippen LogP contribution in [0.2, 0.25) is 0 Å². The van der Waals surface area contributed by atoms with E-state index in [1.165, 1.54) is 0 Å². The number of rotatable bonds is 3. The van der Waals surface area contributed by atoms with Gasteiger partial charge in [0, 0.05) is 6.92 Å². The molecule has 0 aromatic heterocycles. The lowest BCUT2D eigenvalue weighted by Crippen LogP contribution is -2.26. The Bertz CT molecular complexity index is 428. The molecule has 0 saturated heterocycles. The number of carbonyl (C=O) groups excluding carboxylic acids is 1. The summed E-state index contributed by atoms with van der Waals surface area (Å²) in [4.78, 5) is 16.0. The molecule has 0 spiro atoms. The van der Waals surface area contributed by atoms with Crippen LogP contribution in [0.5, 0.6) is 0 Å². The predicted molar refractivity (Wildman–Crippen MR) is 63.8 cm³/mol. The van der Waals surface area contributed by atoms with Gasteiger partial charge >= 0.3 is 5.97 Å². The van der Waals surface area contributed by atoms with Crippen LogP contribution in [0.25, 0.3) is 0 Å². The average molecular weight is 233 g/mol. The summed E-state index contributed by atoms with van der Waals surface area (Å²) in [5.41, 5.74) is 0.936. The van der Waals surface area contributed by atoms with Crippen molar-refractivity contribution in [3.05, 3.63) is 35.9 Å². The van der Waals surface area contributed by atoms with Crippen LogP contribution in [0.15, 0.2) is 35.3 Å². The monoisotopic (exact) mass is 233 g/mol. The van der Waals surface area contributed by atoms with E-state index in [1.807, 2.05) is 30.3 Å². The van der Waals surface area contributed by atoms with Crippen LogP contribution in [0, 0.1) is 0 Å². The lowest BCUT2D eigenvalue weighted by atomic mass is 10.0. The van der Waals surface area contributed by atoms with Gasteiger partial charge in [-0.2, -0.15) is 0 Å². The van der Waals surface area contributed by atoms with E-state index in [-0.39, 0.29) is 12.1 Å². The van der Waals surface area contributed by atoms with E-state index in [0.717, 1.165) is 5.56 Å². The topological polar surface area (TPSA) is 47.9 Å². The summed E-state index contributed by atoms with van der Waals surface area (Å²) in [5, 5.41) is 0. The van der Waals surface area contributed by atoms with Gasteiger partial charge in [-0.1, -0.05) is 30.3 Å². The van der Waals surface area contributed by atoms with Crippen molar-refractivity contribution in [2.75, 3.05) is 6.61 Å². The molecule has 0 amide bonds. The maximum atomic E-state index is 11.8. The maximum Gasteiger partial charge on any atom is 0.335 e. The van der Waals surface area contributed by atoms with Gasteiger partial charge in [0.05, 0.1) is 6.61 Å². The Hall–Kier alpha value is -1.84. The molecule has 0 fully saturated rings. The molecule has 1 aromatic carbocycles. The first-order valence-electron chi connectivity index (χ1n) is 5.65. The molecule has 1 aliphatic rings. The molecule has 0 saturated carbocycles. The lowest BCUT2D eigenvalue weighted by Gasteiger charge is -2.16. The van der Waals surface area contributed by atoms with Crippen molar-refractivity contribution in [2.24, 2.45) is 4.99 Å². The summed E-state index contributed by atoms with van der Waals surface area (Å²) in [7, 11) is 0. The molecule has 1 aliphatic heterocycles. The van der Waals surface area contributed by atoms with Crippen LogP contribution < -0.4 is 0 Å². The van der Waals surface area contributed by atoms with Gasteiger partial charge in [0.25, 0.3) is 0 Å². The van der Waals surface area contributed by atoms with Gasteiger partial charge < -0.3 is 9.47 Å². The Kier molecular flexibility index (Phi) is 3.42. The lowest BCUT2D eigenvalue weighted by molar-refractivity contribution is -0.146. The second-order valence-electron chi connectivity index (χ2n) is 3.79. The SMILES string of the molecule is CCOC(=O)C1N=C(C)OC1c1ccccc1. The smallest absolute Gasteiger partial charge is 0.335 e. The zero-order chi connectivity index (χ0) is 12.3. The number of esters is 1. The molecule has 90 valence electrons. The standard InChI is InChI=1S/C13H15NO3/c1-3-16-13(15)11-12(17-9(2)14-11)10-7-5-4-6-8-10/h4-8,11-12H,3H2,1-2H3. The minimum atomic E-state index is -0.586. The molecule has 17 heavy (non-hydrogen) atoms. The Morgan fingerprint density at radius 2 is 2.12 bits per heavy atom. The van der Waals surface area contributed by atoms with E-state index in [0.29, 0.717) is 12.5 Å². The van der Waals surface area contributed by atoms with Crippen LogP contribution in [0.3, 0.4) is 0 Å². The second-order valence-corrected chi connectivity index (χ2v) is 3.79. The quantitative estimate of drug-likeness (QED) is 0.751. The number of aliphatic imine (C=N–C) groups is 1. The fourth-order valence-electron chi connectivity index (χ4n) is 1.84. The number of nitrogens with zero attached hydrogens (tertiary/aromatic N) is 1. The summed E-state index contributed by atoms with van der Waals surface area (Å²) in [6, 6.07) is 9.00. The van der Waals surface area contributed by atoms with Crippen LogP contribution in [-0.4, -0.2) is 24.5 Å². The van der Waals surface area contributed by atoms with Gasteiger partial charge in [-0.05, 0) is 12.5 Å². The Morgan fingerprint density at radius 1 is 1.41 bits per heavy atom. The molecule has 2 unspecified atom stereocenters. The molecule has 1 heterocycles. The van der Waals surface area contributed by atoms with E-state index in [9.17, 15) is 4.79 Å². The summed E-state index contributed by atoms with van der Waals surface area (Å²) >= 11 is 0. The number of benzene rings is 1. The Morgan fingerprint density at radius 3 is 2.76 bits per heavy atom. The fourth-order valence-corrected chi connectivity index (χ4v) is 1.84. The van der Waals surface area contributed by atoms with Crippen molar-refractivity contribution in [3.8, 4) is 0 Å². The predicted octanol–water partition coefficient (Wildman–Crippen LogP) is 2.11. The van der Waals surface area contributed by atoms with E-state index < -0.39 is 6.04 Å². The number of hydrogen-bond donors (Lipinski definition) is 0. The molecular formula is C13H15NO3. The van der Waals surface area contributed by atoms with Crippen molar-refractivity contribution in [1.29, 1.82) is 0 Å². The summed E-state index contributed by atoms with van der Waals surface area (Å²) < 4.78 is 10.6. The van der Waals surface area contributed by atoms with Crippen LogP contribution in [0.1, 0.15) is 25.5 Å². The summed E-state index contributed by atoms with van der Waals surface area (Å²) in [6.45, 7) is 3.88. The molecule has 4 heteroatoms. The molecule has 2 rings (SSSR count). The van der Waals surface area contributed by atoms with Gasteiger partial charge in [-0.3, -0.25) is 0 Å². The van der Waals surface area contributed by atoms with Crippen molar-refractivity contribution >= 4 is 11.9 Å². The third-order valence-corrected chi connectivity index (χ3v) is 2.56. The van der Waals surface area contributed by atoms with Crippen molar-refractivity contribution in [2.45, 2.75) is 26.0 Å². The van der Waals surface area contributed by atoms with Gasteiger partial charge in [0.2, 0.25) is 0 Å². The Balaban J connectivity index is 2.21. The third-order valence-electron chi connectivity index (χ3n) is 2.56. The van der Waals surface area contributed by atoms with E-state index in [4.69, 9.17) is 9.47 Å². The van der Waals surface area contributed by atoms with Crippen molar-refractivity contribution in [3.63, 3.8) is 0 Å². The number of ether oxygens (including phenoxy) is 2. The highest BCUT2D eigenvalue weighted by Gasteiger charge is 2.37. The normalized spacial score (nSPS) is 22.8. The van der Waals surface area contributed by atoms with Crippen molar-refractivity contribution < 1.29 is 14.3 Å². The summed E-state index contributed by atoms with van der Waals surface area (Å²) in [5.74, 6) is 0.190. The number of hydrogen-bond acceptors (Lipinski definition) is 4. The highest BCUT2D eigenvalue weighted by atomic mass is 16.5. The van der Waals surface area contributed by atoms with Crippen molar-refractivity contribution in [1.82, 2.24) is 0 Å². The first-order chi connectivity index (χ1) is 8.22. The van der Waals surface area contributed by atoms with Crippen LogP contribution >= 0.6 is 0 Å². The average Bonchev–Trinajstić information content (AvgIpc) is 2.73. The van der Waals surface area contributed by atoms with Gasteiger partial charge in [0.1, 0.15) is 0 Å². The largest absolute Gasteiger partial charge is 0.470 e. The molecule has 0 N–H and O–H groups in total. The maximum absolute atomic E-state index is 11.8. The molecule has 4 nitrogen and oxygen atoms in total. The zero-order valence-corrected chi connectivity index (χ0v) is 9.92. The van der Waals surface area contributed by atoms with E-state index >= 15 is 0 Å². The summed E-state index contributed by atoms with van der Waals surface area (Å²) in [6.07, 6.45) is -0.366. The van der Waals surface area contributed by atoms with Crippen LogP contribution in [0.4, 0.5) is 0 Å². The first-order valence-corrected chi connectivity index (χ1v) is 5.65.